The predicted octanol–water partition coefficient (Wildman–Crippen LogP) is 3.55. The number of hydrogen-bond acceptors (Lipinski definition) is 6. The van der Waals surface area contributed by atoms with Crippen LogP contribution in [0.1, 0.15) is 42.0 Å². The Bertz CT molecular complexity index is 1010. The number of imidazole rings is 1. The van der Waals surface area contributed by atoms with Gasteiger partial charge in [0.25, 0.3) is 5.91 Å². The minimum Gasteiger partial charge on any atom is -0.491 e. The number of amides is 1. The third kappa shape index (κ3) is 3.39. The fourth-order valence-corrected chi connectivity index (χ4v) is 2.99. The Labute approximate surface area is 155 Å². The first-order valence-corrected chi connectivity index (χ1v) is 9.02. The monoisotopic (exact) mass is 369 g/mol. The van der Waals surface area contributed by atoms with Crippen LogP contribution in [-0.4, -0.2) is 26.9 Å². The van der Waals surface area contributed by atoms with Crippen molar-refractivity contribution < 1.29 is 9.53 Å². The number of nitriles is 1. The largest absolute Gasteiger partial charge is 0.491 e. The smallest absolute Gasteiger partial charge is 0.275 e. The summed E-state index contributed by atoms with van der Waals surface area (Å²) in [5.74, 6) is 0.222. The molecule has 0 aromatic carbocycles. The van der Waals surface area contributed by atoms with Gasteiger partial charge in [-0.3, -0.25) is 4.79 Å². The van der Waals surface area contributed by atoms with Crippen LogP contribution in [0.4, 0.5) is 5.69 Å². The van der Waals surface area contributed by atoms with Crippen molar-refractivity contribution in [1.29, 1.82) is 5.26 Å². The molecule has 0 aliphatic carbocycles. The first kappa shape index (κ1) is 17.9. The lowest BCUT2D eigenvalue weighted by Crippen LogP contribution is -2.14. The van der Waals surface area contributed by atoms with Crippen molar-refractivity contribution >= 4 is 28.6 Å². The van der Waals surface area contributed by atoms with Crippen molar-refractivity contribution in [2.24, 2.45) is 0 Å². The van der Waals surface area contributed by atoms with Gasteiger partial charge in [-0.15, -0.1) is 11.3 Å². The number of rotatable bonds is 5. The number of aromatic nitrogens is 3. The van der Waals surface area contributed by atoms with E-state index in [1.807, 2.05) is 27.7 Å². The number of pyridine rings is 1. The van der Waals surface area contributed by atoms with E-state index >= 15 is 0 Å². The second-order valence-corrected chi connectivity index (χ2v) is 7.38. The van der Waals surface area contributed by atoms with Gasteiger partial charge in [0.2, 0.25) is 0 Å². The molecule has 3 heterocycles. The lowest BCUT2D eigenvalue weighted by molar-refractivity contribution is 0.102. The Kier molecular flexibility index (Phi) is 4.66. The summed E-state index contributed by atoms with van der Waals surface area (Å²) in [5, 5.41) is 14.7. The fourth-order valence-electron chi connectivity index (χ4n) is 2.40. The molecule has 8 heteroatoms. The first-order valence-electron chi connectivity index (χ1n) is 8.15. The van der Waals surface area contributed by atoms with Crippen LogP contribution in [0.5, 0.6) is 5.75 Å². The SMILES string of the molecule is CCOc1cc2nc(C(C)(C)C#N)cn2cc1NC(=O)c1csc(C)n1. The van der Waals surface area contributed by atoms with E-state index in [2.05, 4.69) is 21.4 Å². The van der Waals surface area contributed by atoms with Crippen LogP contribution >= 0.6 is 11.3 Å². The first-order chi connectivity index (χ1) is 12.3. The van der Waals surface area contributed by atoms with E-state index < -0.39 is 5.41 Å². The van der Waals surface area contributed by atoms with Crippen molar-refractivity contribution in [3.8, 4) is 11.8 Å². The third-order valence-electron chi connectivity index (χ3n) is 3.87. The Morgan fingerprint density at radius 3 is 2.81 bits per heavy atom. The molecule has 0 radical (unpaired) electrons. The molecule has 0 saturated heterocycles. The summed E-state index contributed by atoms with van der Waals surface area (Å²) < 4.78 is 7.43. The number of carbonyl (C=O) groups is 1. The Hall–Kier alpha value is -2.92. The number of aryl methyl sites for hydroxylation is 1. The van der Waals surface area contributed by atoms with Crippen molar-refractivity contribution in [2.45, 2.75) is 33.1 Å². The quantitative estimate of drug-likeness (QED) is 0.742. The molecule has 3 aromatic heterocycles. The van der Waals surface area contributed by atoms with Gasteiger partial charge >= 0.3 is 0 Å². The van der Waals surface area contributed by atoms with Gasteiger partial charge in [0, 0.05) is 23.8 Å². The van der Waals surface area contributed by atoms with E-state index in [1.165, 1.54) is 11.3 Å². The summed E-state index contributed by atoms with van der Waals surface area (Å²) in [5.41, 5.74) is 1.48. The van der Waals surface area contributed by atoms with Crippen LogP contribution < -0.4 is 10.1 Å². The second kappa shape index (κ2) is 6.77. The highest BCUT2D eigenvalue weighted by Gasteiger charge is 2.24. The maximum Gasteiger partial charge on any atom is 0.275 e. The Morgan fingerprint density at radius 2 is 2.19 bits per heavy atom. The van der Waals surface area contributed by atoms with Crippen LogP contribution in [0, 0.1) is 18.3 Å². The number of carbonyl (C=O) groups excluding carboxylic acids is 1. The zero-order valence-corrected chi connectivity index (χ0v) is 15.8. The van der Waals surface area contributed by atoms with Crippen LogP contribution in [0.3, 0.4) is 0 Å². The minimum absolute atomic E-state index is 0.299. The van der Waals surface area contributed by atoms with Gasteiger partial charge in [-0.1, -0.05) is 0 Å². The summed E-state index contributed by atoms with van der Waals surface area (Å²) in [6, 6.07) is 4.00. The van der Waals surface area contributed by atoms with Crippen LogP contribution in [0.25, 0.3) is 5.65 Å². The number of nitrogens with one attached hydrogen (secondary N) is 1. The van der Waals surface area contributed by atoms with E-state index in [-0.39, 0.29) is 5.91 Å². The average molecular weight is 369 g/mol. The fraction of sp³-hybridized carbons (Fsp3) is 0.333. The number of anilines is 1. The van der Waals surface area contributed by atoms with Crippen molar-refractivity contribution in [2.75, 3.05) is 11.9 Å². The van der Waals surface area contributed by atoms with E-state index in [0.29, 0.717) is 35.1 Å². The molecule has 0 fully saturated rings. The number of nitrogens with zero attached hydrogens (tertiary/aromatic N) is 4. The zero-order valence-electron chi connectivity index (χ0n) is 15.0. The lowest BCUT2D eigenvalue weighted by atomic mass is 9.92. The molecule has 3 rings (SSSR count). The molecule has 0 bridgehead atoms. The van der Waals surface area contributed by atoms with Crippen molar-refractivity contribution in [3.05, 3.63) is 40.2 Å². The van der Waals surface area contributed by atoms with E-state index in [4.69, 9.17) is 4.74 Å². The zero-order chi connectivity index (χ0) is 18.9. The molecule has 0 unspecified atom stereocenters. The summed E-state index contributed by atoms with van der Waals surface area (Å²) in [7, 11) is 0. The molecule has 134 valence electrons. The molecular weight excluding hydrogens is 350 g/mol. The molecule has 0 aliphatic heterocycles. The minimum atomic E-state index is -0.709. The predicted molar refractivity (Wildman–Crippen MR) is 99.8 cm³/mol. The number of ether oxygens (including phenoxy) is 1. The van der Waals surface area contributed by atoms with Gasteiger partial charge in [-0.25, -0.2) is 9.97 Å². The van der Waals surface area contributed by atoms with Crippen LogP contribution in [0.15, 0.2) is 23.8 Å². The van der Waals surface area contributed by atoms with Crippen molar-refractivity contribution in [1.82, 2.24) is 14.4 Å². The molecule has 0 saturated carbocycles. The van der Waals surface area contributed by atoms with Gasteiger partial charge in [0.15, 0.2) is 0 Å². The molecule has 3 aromatic rings. The van der Waals surface area contributed by atoms with Gasteiger partial charge in [-0.2, -0.15) is 5.26 Å². The second-order valence-electron chi connectivity index (χ2n) is 6.32. The molecule has 7 nitrogen and oxygen atoms in total. The molecule has 0 atom stereocenters. The van der Waals surface area contributed by atoms with E-state index in [1.54, 1.807) is 28.2 Å². The highest BCUT2D eigenvalue weighted by molar-refractivity contribution is 7.09. The topological polar surface area (TPSA) is 92.3 Å². The molecule has 1 amide bonds. The maximum atomic E-state index is 12.4. The normalized spacial score (nSPS) is 11.3. The van der Waals surface area contributed by atoms with E-state index in [0.717, 1.165) is 5.01 Å². The van der Waals surface area contributed by atoms with Crippen molar-refractivity contribution in [3.63, 3.8) is 0 Å². The maximum absolute atomic E-state index is 12.4. The standard InChI is InChI=1S/C18H19N5O2S/c1-5-25-14-6-16-22-15(18(3,4)10-19)8-23(16)7-12(14)21-17(24)13-9-26-11(2)20-13/h6-9H,5H2,1-4H3,(H,21,24). The van der Waals surface area contributed by atoms with E-state index in [9.17, 15) is 10.1 Å². The van der Waals surface area contributed by atoms with Gasteiger partial charge in [-0.05, 0) is 27.7 Å². The average Bonchev–Trinajstić information content (AvgIpc) is 3.21. The van der Waals surface area contributed by atoms with Crippen LogP contribution in [-0.2, 0) is 5.41 Å². The molecule has 0 aliphatic rings. The highest BCUT2D eigenvalue weighted by Crippen LogP contribution is 2.29. The molecule has 1 N–H and O–H groups in total. The summed E-state index contributed by atoms with van der Waals surface area (Å²) in [6.07, 6.45) is 3.53. The van der Waals surface area contributed by atoms with Gasteiger partial charge < -0.3 is 14.5 Å². The molecular formula is C18H19N5O2S. The third-order valence-corrected chi connectivity index (χ3v) is 4.65. The Morgan fingerprint density at radius 1 is 1.42 bits per heavy atom. The van der Waals surface area contributed by atoms with Gasteiger partial charge in [0.05, 0.1) is 28.8 Å². The molecule has 26 heavy (non-hydrogen) atoms. The molecule has 0 spiro atoms. The van der Waals surface area contributed by atoms with Gasteiger partial charge in [0.1, 0.15) is 22.8 Å². The Balaban J connectivity index is 2.01. The summed E-state index contributed by atoms with van der Waals surface area (Å²) in [4.78, 5) is 21.2. The number of fused-ring (bicyclic) bond motifs is 1. The van der Waals surface area contributed by atoms with Crippen LogP contribution in [0.2, 0.25) is 0 Å². The highest BCUT2D eigenvalue weighted by atomic mass is 32.1. The lowest BCUT2D eigenvalue weighted by Gasteiger charge is -2.11. The number of thiazole rings is 1. The number of hydrogen-bond donors (Lipinski definition) is 1. The summed E-state index contributed by atoms with van der Waals surface area (Å²) >= 11 is 1.42. The summed E-state index contributed by atoms with van der Waals surface area (Å²) in [6.45, 7) is 7.79.